The molecular formula is C40H60F2N6O8. The molecule has 1 aromatic rings. The van der Waals surface area contributed by atoms with Crippen LogP contribution in [0, 0.1) is 23.2 Å². The van der Waals surface area contributed by atoms with E-state index in [1.165, 1.54) is 9.80 Å². The van der Waals surface area contributed by atoms with Gasteiger partial charge in [-0.1, -0.05) is 57.5 Å². The number of carbonyl (C=O) groups excluding carboxylic acids is 6. The van der Waals surface area contributed by atoms with Gasteiger partial charge in [-0.05, 0) is 75.2 Å². The lowest BCUT2D eigenvalue weighted by atomic mass is 9.55. The number of aliphatic hydroxyl groups is 1. The minimum Gasteiger partial charge on any atom is -0.356 e. The first-order valence-electron chi connectivity index (χ1n) is 19.5. The van der Waals surface area contributed by atoms with Gasteiger partial charge in [0.2, 0.25) is 41.7 Å². The Bertz CT molecular complexity index is 1590. The maximum Gasteiger partial charge on any atom is 0.290 e. The van der Waals surface area contributed by atoms with Crippen molar-refractivity contribution < 1.29 is 47.4 Å². The van der Waals surface area contributed by atoms with Crippen molar-refractivity contribution >= 4 is 35.3 Å². The normalized spacial score (nSPS) is 23.7. The minimum atomic E-state index is -2.86. The Kier molecular flexibility index (Phi) is 14.4. The van der Waals surface area contributed by atoms with E-state index in [4.69, 9.17) is 4.74 Å². The highest BCUT2D eigenvalue weighted by Gasteiger charge is 2.61. The van der Waals surface area contributed by atoms with Crippen LogP contribution in [0.15, 0.2) is 30.3 Å². The van der Waals surface area contributed by atoms with E-state index in [0.717, 1.165) is 0 Å². The molecule has 1 saturated heterocycles. The SMILES string of the molecule is CCCC(NC(=O)C1[C@H]2CC(C)(C)[C@H]2CN1C(=O)C(NC(O)OC(C)(C)C)C1CCC(F)(F)CC1)C(=O)C(=O)NCC(=O)N[C@H](C(=O)N(C)C)c1ccccc1. The van der Waals surface area contributed by atoms with Gasteiger partial charge in [0.05, 0.1) is 24.2 Å². The smallest absolute Gasteiger partial charge is 0.290 e. The van der Waals surface area contributed by atoms with E-state index in [1.54, 1.807) is 72.1 Å². The molecule has 2 aliphatic carbocycles. The molecule has 56 heavy (non-hydrogen) atoms. The molecule has 0 radical (unpaired) electrons. The van der Waals surface area contributed by atoms with E-state index < -0.39 is 103 Å². The Morgan fingerprint density at radius 3 is 2.20 bits per heavy atom. The zero-order valence-corrected chi connectivity index (χ0v) is 33.8. The lowest BCUT2D eigenvalue weighted by Crippen LogP contribution is -2.60. The van der Waals surface area contributed by atoms with E-state index in [9.17, 15) is 42.7 Å². The summed E-state index contributed by atoms with van der Waals surface area (Å²) >= 11 is 0. The summed E-state index contributed by atoms with van der Waals surface area (Å²) in [5.41, 5.74) is -0.481. The Morgan fingerprint density at radius 2 is 1.64 bits per heavy atom. The summed E-state index contributed by atoms with van der Waals surface area (Å²) in [6, 6.07) is 4.09. The molecule has 1 aliphatic heterocycles. The monoisotopic (exact) mass is 790 g/mol. The van der Waals surface area contributed by atoms with E-state index in [-0.39, 0.29) is 43.1 Å². The number of hydrogen-bond donors (Lipinski definition) is 5. The molecule has 4 unspecified atom stereocenters. The van der Waals surface area contributed by atoms with Crippen LogP contribution in [0.25, 0.3) is 0 Å². The molecule has 5 amide bonds. The number of likely N-dealkylation sites (N-methyl/N-ethyl adjacent to an activating group) is 1. The van der Waals surface area contributed by atoms with Crippen molar-refractivity contribution in [3.63, 3.8) is 0 Å². The molecular weight excluding hydrogens is 730 g/mol. The molecule has 3 aliphatic rings. The fourth-order valence-corrected chi connectivity index (χ4v) is 8.28. The van der Waals surface area contributed by atoms with Crippen LogP contribution in [0.5, 0.6) is 0 Å². The van der Waals surface area contributed by atoms with E-state index in [1.807, 2.05) is 13.8 Å². The minimum absolute atomic E-state index is 0.0147. The van der Waals surface area contributed by atoms with Crippen molar-refractivity contribution in [2.45, 2.75) is 129 Å². The number of hydrogen-bond acceptors (Lipinski definition) is 9. The number of nitrogens with zero attached hydrogens (tertiary/aromatic N) is 2. The number of halogens is 2. The third kappa shape index (κ3) is 11.1. The van der Waals surface area contributed by atoms with Crippen molar-refractivity contribution in [2.24, 2.45) is 23.2 Å². The van der Waals surface area contributed by atoms with Crippen LogP contribution in [0.2, 0.25) is 0 Å². The van der Waals surface area contributed by atoms with Crippen molar-refractivity contribution in [1.29, 1.82) is 0 Å². The van der Waals surface area contributed by atoms with Gasteiger partial charge < -0.3 is 35.6 Å². The summed E-state index contributed by atoms with van der Waals surface area (Å²) < 4.78 is 34.1. The predicted octanol–water partition coefficient (Wildman–Crippen LogP) is 2.65. The van der Waals surface area contributed by atoms with Gasteiger partial charge in [0, 0.05) is 33.5 Å². The third-order valence-electron chi connectivity index (χ3n) is 11.2. The van der Waals surface area contributed by atoms with Crippen LogP contribution in [-0.2, 0) is 33.5 Å². The van der Waals surface area contributed by atoms with Gasteiger partial charge in [0.15, 0.2) is 0 Å². The molecule has 1 aromatic carbocycles. The molecule has 0 bridgehead atoms. The number of ether oxygens (including phenoxy) is 1. The molecule has 4 rings (SSSR count). The summed E-state index contributed by atoms with van der Waals surface area (Å²) in [7, 11) is 3.09. The Morgan fingerprint density at radius 1 is 1.02 bits per heavy atom. The maximum atomic E-state index is 14.5. The number of alkyl halides is 2. The number of rotatable bonds is 16. The molecule has 3 fully saturated rings. The van der Waals surface area contributed by atoms with E-state index >= 15 is 0 Å². The fraction of sp³-hybridized carbons (Fsp3) is 0.700. The number of Topliss-reactive ketones (excluding diaryl/α,β-unsaturated/α-hetero) is 1. The zero-order chi connectivity index (χ0) is 41.7. The highest BCUT2D eigenvalue weighted by atomic mass is 19.3. The number of fused-ring (bicyclic) bond motifs is 1. The summed E-state index contributed by atoms with van der Waals surface area (Å²) in [6.45, 7) is 10.6. The van der Waals surface area contributed by atoms with Gasteiger partial charge >= 0.3 is 0 Å². The predicted molar refractivity (Wildman–Crippen MR) is 202 cm³/mol. The molecule has 2 saturated carbocycles. The number of ketones is 1. The van der Waals surface area contributed by atoms with Gasteiger partial charge in [-0.3, -0.25) is 34.1 Å². The van der Waals surface area contributed by atoms with Crippen LogP contribution in [0.3, 0.4) is 0 Å². The quantitative estimate of drug-likeness (QED) is 0.124. The van der Waals surface area contributed by atoms with Crippen molar-refractivity contribution in [3.05, 3.63) is 35.9 Å². The third-order valence-corrected chi connectivity index (χ3v) is 11.2. The summed E-state index contributed by atoms with van der Waals surface area (Å²) in [6.07, 6.45) is -1.31. The summed E-state index contributed by atoms with van der Waals surface area (Å²) in [5, 5.41) is 21.3. The van der Waals surface area contributed by atoms with E-state index in [0.29, 0.717) is 18.4 Å². The fourth-order valence-electron chi connectivity index (χ4n) is 8.28. The molecule has 0 aromatic heterocycles. The Hall–Kier alpha value is -4.02. The molecule has 1 heterocycles. The van der Waals surface area contributed by atoms with Crippen molar-refractivity contribution in [1.82, 2.24) is 31.1 Å². The Labute approximate surface area is 328 Å². The van der Waals surface area contributed by atoms with Gasteiger partial charge in [0.25, 0.3) is 5.91 Å². The highest BCUT2D eigenvalue weighted by molar-refractivity contribution is 6.38. The van der Waals surface area contributed by atoms with Crippen molar-refractivity contribution in [3.8, 4) is 0 Å². The standard InChI is InChI=1S/C40H60F2N6O8/c1-9-13-27(32(50)34(52)43-21-28(49)45-29(35(53)47(7)8)23-14-11-10-12-15-23)44-33(51)31-25-20-39(5,6)26(25)22-48(31)36(54)30(46-37(55)56-38(2,3)4)24-16-18-40(41,42)19-17-24/h10-12,14-15,24-27,29-31,37,46,55H,9,13,16-22H2,1-8H3,(H,43,52)(H,44,51)(H,45,49)/t25-,26-,27?,29-,30?,31?,37?/m0/s1. The maximum absolute atomic E-state index is 14.5. The molecule has 14 nitrogen and oxygen atoms in total. The average molecular weight is 791 g/mol. The second kappa shape index (κ2) is 18.1. The number of amides is 5. The Balaban J connectivity index is 1.49. The van der Waals surface area contributed by atoms with Gasteiger partial charge in [-0.15, -0.1) is 0 Å². The molecule has 312 valence electrons. The average Bonchev–Trinajstić information content (AvgIpc) is 3.45. The van der Waals surface area contributed by atoms with Crippen LogP contribution in [0.4, 0.5) is 8.78 Å². The first-order chi connectivity index (χ1) is 26.0. The van der Waals surface area contributed by atoms with Crippen LogP contribution in [0.1, 0.15) is 98.1 Å². The largest absolute Gasteiger partial charge is 0.356 e. The zero-order valence-electron chi connectivity index (χ0n) is 33.8. The van der Waals surface area contributed by atoms with E-state index in [2.05, 4.69) is 21.3 Å². The van der Waals surface area contributed by atoms with Crippen LogP contribution >= 0.6 is 0 Å². The molecule has 0 spiro atoms. The number of nitrogens with one attached hydrogen (secondary N) is 4. The molecule has 7 atom stereocenters. The van der Waals surface area contributed by atoms with Crippen LogP contribution in [-0.4, -0.2) is 113 Å². The number of aliphatic hydroxyl groups excluding tert-OH is 1. The first-order valence-corrected chi connectivity index (χ1v) is 19.5. The summed E-state index contributed by atoms with van der Waals surface area (Å²) in [5.74, 6) is -8.15. The lowest BCUT2D eigenvalue weighted by Gasteiger charge is -2.48. The van der Waals surface area contributed by atoms with Crippen LogP contribution < -0.4 is 21.3 Å². The molecule has 16 heteroatoms. The van der Waals surface area contributed by atoms with Gasteiger partial charge in [-0.2, -0.15) is 0 Å². The van der Waals surface area contributed by atoms with Crippen molar-refractivity contribution in [2.75, 3.05) is 27.2 Å². The second-order valence-corrected chi connectivity index (χ2v) is 17.4. The number of carbonyl (C=O) groups is 6. The first kappa shape index (κ1) is 44.7. The van der Waals surface area contributed by atoms with Gasteiger partial charge in [0.1, 0.15) is 12.1 Å². The lowest BCUT2D eigenvalue weighted by molar-refractivity contribution is -0.191. The number of benzene rings is 1. The second-order valence-electron chi connectivity index (χ2n) is 17.4. The van der Waals surface area contributed by atoms with Gasteiger partial charge in [-0.25, -0.2) is 8.78 Å². The topological polar surface area (TPSA) is 186 Å². The highest BCUT2D eigenvalue weighted by Crippen LogP contribution is 2.57. The number of likely N-dealkylation sites (tertiary alicyclic amines) is 1. The molecule has 5 N–H and O–H groups in total. The summed E-state index contributed by atoms with van der Waals surface area (Å²) in [4.78, 5) is 83.9.